The molecular weight excluding hydrogens is 406 g/mol. The van der Waals surface area contributed by atoms with Crippen molar-refractivity contribution < 1.29 is 4.79 Å². The third-order valence-corrected chi connectivity index (χ3v) is 6.22. The van der Waals surface area contributed by atoms with Crippen molar-refractivity contribution in [1.29, 1.82) is 0 Å². The summed E-state index contributed by atoms with van der Waals surface area (Å²) in [5, 5.41) is 2.65. The lowest BCUT2D eigenvalue weighted by Crippen LogP contribution is -2.26. The van der Waals surface area contributed by atoms with E-state index in [-0.39, 0.29) is 23.8 Å². The van der Waals surface area contributed by atoms with Gasteiger partial charge in [-0.3, -0.25) is 14.2 Å². The maximum absolute atomic E-state index is 13.5. The molecule has 31 heavy (non-hydrogen) atoms. The summed E-state index contributed by atoms with van der Waals surface area (Å²) in [6.07, 6.45) is 0.771. The van der Waals surface area contributed by atoms with Crippen molar-refractivity contribution in [2.24, 2.45) is 5.73 Å². The molecule has 2 heterocycles. The molecular formula is C25H25N3O2S. The highest BCUT2D eigenvalue weighted by Crippen LogP contribution is 2.33. The van der Waals surface area contributed by atoms with Crippen LogP contribution in [0.3, 0.4) is 0 Å². The fourth-order valence-corrected chi connectivity index (χ4v) is 4.74. The van der Waals surface area contributed by atoms with Crippen molar-refractivity contribution in [1.82, 2.24) is 9.55 Å². The predicted octanol–water partition coefficient (Wildman–Crippen LogP) is 5.18. The summed E-state index contributed by atoms with van der Waals surface area (Å²) in [5.74, 6) is 0.485. The van der Waals surface area contributed by atoms with Gasteiger partial charge >= 0.3 is 0 Å². The van der Waals surface area contributed by atoms with Gasteiger partial charge in [-0.15, -0.1) is 11.3 Å². The minimum atomic E-state index is -0.358. The van der Waals surface area contributed by atoms with Gasteiger partial charge in [0, 0.05) is 29.8 Å². The van der Waals surface area contributed by atoms with Gasteiger partial charge in [-0.2, -0.15) is 0 Å². The highest BCUT2D eigenvalue weighted by Gasteiger charge is 2.18. The van der Waals surface area contributed by atoms with E-state index in [0.29, 0.717) is 18.4 Å². The Morgan fingerprint density at radius 3 is 2.32 bits per heavy atom. The van der Waals surface area contributed by atoms with Crippen LogP contribution in [0.1, 0.15) is 38.4 Å². The lowest BCUT2D eigenvalue weighted by Gasteiger charge is -2.15. The number of benzene rings is 2. The molecule has 0 fully saturated rings. The maximum Gasteiger partial charge on any atom is 0.262 e. The molecule has 0 aliphatic heterocycles. The van der Waals surface area contributed by atoms with Gasteiger partial charge in [-0.05, 0) is 23.1 Å². The molecule has 1 amide bonds. The average Bonchev–Trinajstić information content (AvgIpc) is 3.20. The fraction of sp³-hybridized carbons (Fsp3) is 0.240. The number of carbonyl (C=O) groups excluding carboxylic acids is 1. The lowest BCUT2D eigenvalue weighted by atomic mass is 10.0. The van der Waals surface area contributed by atoms with E-state index in [0.717, 1.165) is 32.9 Å². The molecule has 0 saturated carbocycles. The van der Waals surface area contributed by atoms with E-state index in [9.17, 15) is 9.59 Å². The van der Waals surface area contributed by atoms with Gasteiger partial charge in [0.15, 0.2) is 0 Å². The van der Waals surface area contributed by atoms with Gasteiger partial charge in [-0.1, -0.05) is 68.4 Å². The molecule has 0 spiro atoms. The first kappa shape index (κ1) is 21.0. The third kappa shape index (κ3) is 4.30. The standard InChI is InChI=1S/C25H25N3O2S/c1-16(2)23-27-24-22(25(30)28(23)14-6-9-21(26)29)20(15-31-24)19-12-10-18(11-13-19)17-7-4-3-5-8-17/h3-5,7-8,10-13,15-16H,6,9,14H2,1-2H3,(H2,26,29). The number of hydrogen-bond acceptors (Lipinski definition) is 4. The molecule has 6 heteroatoms. The summed E-state index contributed by atoms with van der Waals surface area (Å²) in [7, 11) is 0. The molecule has 0 atom stereocenters. The second-order valence-corrected chi connectivity index (χ2v) is 8.78. The first-order chi connectivity index (χ1) is 15.0. The van der Waals surface area contributed by atoms with Crippen LogP contribution >= 0.6 is 11.3 Å². The highest BCUT2D eigenvalue weighted by atomic mass is 32.1. The number of hydrogen-bond donors (Lipinski definition) is 1. The summed E-state index contributed by atoms with van der Waals surface area (Å²) < 4.78 is 1.71. The highest BCUT2D eigenvalue weighted by molar-refractivity contribution is 7.17. The van der Waals surface area contributed by atoms with Crippen LogP contribution in [0.4, 0.5) is 0 Å². The Morgan fingerprint density at radius 1 is 1.03 bits per heavy atom. The molecule has 0 bridgehead atoms. The van der Waals surface area contributed by atoms with Gasteiger partial charge in [0.2, 0.25) is 5.91 Å². The quantitative estimate of drug-likeness (QED) is 0.438. The second-order valence-electron chi connectivity index (χ2n) is 7.92. The Morgan fingerprint density at radius 2 is 1.68 bits per heavy atom. The summed E-state index contributed by atoms with van der Waals surface area (Å²) >= 11 is 1.49. The number of carbonyl (C=O) groups is 1. The minimum absolute atomic E-state index is 0.0541. The Kier molecular flexibility index (Phi) is 6.00. The van der Waals surface area contributed by atoms with E-state index < -0.39 is 0 Å². The zero-order chi connectivity index (χ0) is 22.0. The number of aromatic nitrogens is 2. The predicted molar refractivity (Wildman–Crippen MR) is 127 cm³/mol. The molecule has 0 unspecified atom stereocenters. The van der Waals surface area contributed by atoms with Gasteiger partial charge in [0.1, 0.15) is 10.7 Å². The van der Waals surface area contributed by atoms with Crippen LogP contribution in [0.15, 0.2) is 64.8 Å². The molecule has 2 N–H and O–H groups in total. The van der Waals surface area contributed by atoms with E-state index >= 15 is 0 Å². The minimum Gasteiger partial charge on any atom is -0.370 e. The summed E-state index contributed by atoms with van der Waals surface area (Å²) in [4.78, 5) is 30.2. The topological polar surface area (TPSA) is 78.0 Å². The number of nitrogens with zero attached hydrogens (tertiary/aromatic N) is 2. The van der Waals surface area contributed by atoms with Gasteiger partial charge in [0.25, 0.3) is 5.56 Å². The maximum atomic E-state index is 13.5. The molecule has 2 aromatic carbocycles. The Bertz CT molecular complexity index is 1270. The van der Waals surface area contributed by atoms with Crippen LogP contribution in [0.25, 0.3) is 32.5 Å². The number of amides is 1. The lowest BCUT2D eigenvalue weighted by molar-refractivity contribution is -0.118. The first-order valence-corrected chi connectivity index (χ1v) is 11.3. The Balaban J connectivity index is 1.77. The smallest absolute Gasteiger partial charge is 0.262 e. The number of nitrogens with two attached hydrogens (primary N) is 1. The van der Waals surface area contributed by atoms with Crippen LogP contribution < -0.4 is 11.3 Å². The zero-order valence-electron chi connectivity index (χ0n) is 17.7. The van der Waals surface area contributed by atoms with E-state index in [1.165, 1.54) is 11.3 Å². The second kappa shape index (κ2) is 8.86. The van der Waals surface area contributed by atoms with E-state index in [4.69, 9.17) is 10.7 Å². The Labute approximate surface area is 185 Å². The van der Waals surface area contributed by atoms with Crippen molar-refractivity contribution in [3.05, 3.63) is 76.2 Å². The van der Waals surface area contributed by atoms with Crippen molar-refractivity contribution in [2.45, 2.75) is 39.2 Å². The van der Waals surface area contributed by atoms with E-state index in [2.05, 4.69) is 36.4 Å². The number of fused-ring (bicyclic) bond motifs is 1. The molecule has 0 aliphatic rings. The van der Waals surface area contributed by atoms with Crippen LogP contribution in [0, 0.1) is 0 Å². The molecule has 0 aliphatic carbocycles. The molecule has 5 nitrogen and oxygen atoms in total. The van der Waals surface area contributed by atoms with Gasteiger partial charge in [0.05, 0.1) is 5.39 Å². The van der Waals surface area contributed by atoms with Crippen molar-refractivity contribution in [2.75, 3.05) is 0 Å². The summed E-state index contributed by atoms with van der Waals surface area (Å²) in [5.41, 5.74) is 9.41. The Hall–Kier alpha value is -3.25. The summed E-state index contributed by atoms with van der Waals surface area (Å²) in [6, 6.07) is 18.5. The normalized spacial score (nSPS) is 11.3. The SMILES string of the molecule is CC(C)c1nc2scc(-c3ccc(-c4ccccc4)cc3)c2c(=O)n1CCCC(N)=O. The molecule has 4 aromatic rings. The number of thiophene rings is 1. The van der Waals surface area contributed by atoms with E-state index in [1.807, 2.05) is 37.4 Å². The largest absolute Gasteiger partial charge is 0.370 e. The van der Waals surface area contributed by atoms with Gasteiger partial charge in [-0.25, -0.2) is 4.98 Å². The fourth-order valence-electron chi connectivity index (χ4n) is 3.79. The summed E-state index contributed by atoms with van der Waals surface area (Å²) in [6.45, 7) is 4.48. The molecule has 158 valence electrons. The monoisotopic (exact) mass is 431 g/mol. The van der Waals surface area contributed by atoms with Crippen molar-refractivity contribution in [3.8, 4) is 22.3 Å². The number of primary amides is 1. The van der Waals surface area contributed by atoms with Crippen LogP contribution in [0.2, 0.25) is 0 Å². The number of rotatable bonds is 7. The molecule has 0 saturated heterocycles. The zero-order valence-corrected chi connectivity index (χ0v) is 18.5. The van der Waals surface area contributed by atoms with Crippen molar-refractivity contribution >= 4 is 27.5 Å². The molecule has 0 radical (unpaired) electrons. The van der Waals surface area contributed by atoms with Crippen LogP contribution in [-0.4, -0.2) is 15.5 Å². The van der Waals surface area contributed by atoms with Crippen LogP contribution in [-0.2, 0) is 11.3 Å². The van der Waals surface area contributed by atoms with Crippen LogP contribution in [0.5, 0.6) is 0 Å². The van der Waals surface area contributed by atoms with Crippen molar-refractivity contribution in [3.63, 3.8) is 0 Å². The average molecular weight is 432 g/mol. The van der Waals surface area contributed by atoms with E-state index in [1.54, 1.807) is 4.57 Å². The first-order valence-electron chi connectivity index (χ1n) is 10.4. The molecule has 4 rings (SSSR count). The third-order valence-electron chi connectivity index (χ3n) is 5.35. The van der Waals surface area contributed by atoms with Gasteiger partial charge < -0.3 is 5.73 Å². The molecule has 2 aromatic heterocycles.